The smallest absolute Gasteiger partial charge is 0.315 e. The van der Waals surface area contributed by atoms with Crippen LogP contribution in [0.3, 0.4) is 0 Å². The van der Waals surface area contributed by atoms with E-state index in [4.69, 9.17) is 0 Å². The van der Waals surface area contributed by atoms with E-state index in [1.54, 1.807) is 30.1 Å². The Balaban J connectivity index is 2.29. The number of hydrogen-bond acceptors (Lipinski definition) is 5. The van der Waals surface area contributed by atoms with Gasteiger partial charge in [-0.15, -0.1) is 0 Å². The molecule has 6 nitrogen and oxygen atoms in total. The molecule has 0 aliphatic heterocycles. The van der Waals surface area contributed by atoms with Crippen LogP contribution in [0.4, 0.5) is 17.1 Å². The van der Waals surface area contributed by atoms with Gasteiger partial charge in [0.2, 0.25) is 0 Å². The average Bonchev–Trinajstić information content (AvgIpc) is 2.85. The van der Waals surface area contributed by atoms with Crippen molar-refractivity contribution in [2.75, 3.05) is 30.4 Å². The minimum atomic E-state index is -0.725. The highest BCUT2D eigenvalue weighted by Crippen LogP contribution is 2.37. The fourth-order valence-corrected chi connectivity index (χ4v) is 3.08. The molecule has 1 aliphatic carbocycles. The predicted octanol–water partition coefficient (Wildman–Crippen LogP) is 2.77. The molecule has 1 aromatic carbocycles. The van der Waals surface area contributed by atoms with E-state index in [2.05, 4.69) is 5.32 Å². The Hall–Kier alpha value is -1.82. The largest absolute Gasteiger partial charge is 0.388 e. The van der Waals surface area contributed by atoms with E-state index in [0.717, 1.165) is 25.7 Å². The summed E-state index contributed by atoms with van der Waals surface area (Å²) in [4.78, 5) is 12.9. The lowest BCUT2D eigenvalue weighted by molar-refractivity contribution is -0.383. The van der Waals surface area contributed by atoms with Gasteiger partial charge in [0.1, 0.15) is 11.4 Å². The number of benzene rings is 1. The summed E-state index contributed by atoms with van der Waals surface area (Å²) in [6, 6.07) is 5.25. The molecule has 0 atom stereocenters. The van der Waals surface area contributed by atoms with E-state index in [1.807, 2.05) is 6.92 Å². The maximum absolute atomic E-state index is 11.4. The molecule has 0 bridgehead atoms. The number of para-hydroxylation sites is 1. The molecule has 0 saturated heterocycles. The van der Waals surface area contributed by atoms with Gasteiger partial charge in [-0.2, -0.15) is 0 Å². The highest BCUT2D eigenvalue weighted by Gasteiger charge is 2.34. The van der Waals surface area contributed by atoms with Crippen LogP contribution in [0.5, 0.6) is 0 Å². The third kappa shape index (κ3) is 3.44. The summed E-state index contributed by atoms with van der Waals surface area (Å²) < 4.78 is 0. The minimum Gasteiger partial charge on any atom is -0.388 e. The molecule has 21 heavy (non-hydrogen) atoms. The Morgan fingerprint density at radius 2 is 2.10 bits per heavy atom. The first kappa shape index (κ1) is 15.6. The molecular formula is C15H23N3O3. The molecule has 116 valence electrons. The van der Waals surface area contributed by atoms with Crippen molar-refractivity contribution in [2.45, 2.75) is 38.2 Å². The number of nitro benzene ring substituents is 1. The Bertz CT molecular complexity index is 513. The molecule has 2 N–H and O–H groups in total. The van der Waals surface area contributed by atoms with Gasteiger partial charge < -0.3 is 15.3 Å². The maximum Gasteiger partial charge on any atom is 0.315 e. The molecule has 0 heterocycles. The standard InChI is InChI=1S/C15H23N3O3/c1-3-16-12-7-6-8-13(14(12)18(20)21)17(2)11-15(19)9-4-5-10-15/h6-8,16,19H,3-5,9-11H2,1-2H3. The number of likely N-dealkylation sites (N-methyl/N-ethyl adjacent to an activating group) is 1. The van der Waals surface area contributed by atoms with Gasteiger partial charge in [0.25, 0.3) is 0 Å². The van der Waals surface area contributed by atoms with Gasteiger partial charge in [-0.25, -0.2) is 0 Å². The van der Waals surface area contributed by atoms with Gasteiger partial charge >= 0.3 is 5.69 Å². The lowest BCUT2D eigenvalue weighted by Crippen LogP contribution is -2.39. The van der Waals surface area contributed by atoms with Crippen LogP contribution in [-0.4, -0.2) is 35.8 Å². The second kappa shape index (κ2) is 6.30. The van der Waals surface area contributed by atoms with Crippen molar-refractivity contribution >= 4 is 17.1 Å². The van der Waals surface area contributed by atoms with E-state index < -0.39 is 5.60 Å². The quantitative estimate of drug-likeness (QED) is 0.623. The molecule has 0 spiro atoms. The van der Waals surface area contributed by atoms with E-state index in [-0.39, 0.29) is 10.6 Å². The average molecular weight is 293 g/mol. The zero-order chi connectivity index (χ0) is 15.5. The first-order valence-corrected chi connectivity index (χ1v) is 7.41. The number of anilines is 2. The second-order valence-electron chi connectivity index (χ2n) is 5.75. The summed E-state index contributed by atoms with van der Waals surface area (Å²) in [7, 11) is 1.80. The number of rotatable bonds is 6. The maximum atomic E-state index is 11.4. The lowest BCUT2D eigenvalue weighted by Gasteiger charge is -2.30. The Labute approximate surface area is 124 Å². The Morgan fingerprint density at radius 1 is 1.43 bits per heavy atom. The zero-order valence-electron chi connectivity index (χ0n) is 12.6. The topological polar surface area (TPSA) is 78.6 Å². The van der Waals surface area contributed by atoms with Gasteiger partial charge in [-0.05, 0) is 31.9 Å². The molecule has 1 fully saturated rings. The molecule has 0 radical (unpaired) electrons. The number of nitro groups is 1. The highest BCUT2D eigenvalue weighted by atomic mass is 16.6. The molecule has 0 amide bonds. The van der Waals surface area contributed by atoms with E-state index >= 15 is 0 Å². The van der Waals surface area contributed by atoms with Gasteiger partial charge in [0.05, 0.1) is 10.5 Å². The Kier molecular flexibility index (Phi) is 4.67. The number of nitrogens with zero attached hydrogens (tertiary/aromatic N) is 2. The van der Waals surface area contributed by atoms with E-state index in [1.165, 1.54) is 0 Å². The molecule has 6 heteroatoms. The van der Waals surface area contributed by atoms with Gasteiger partial charge in [-0.1, -0.05) is 18.9 Å². The van der Waals surface area contributed by atoms with Crippen molar-refractivity contribution in [3.63, 3.8) is 0 Å². The number of aliphatic hydroxyl groups is 1. The van der Waals surface area contributed by atoms with Crippen LogP contribution in [0, 0.1) is 10.1 Å². The minimum absolute atomic E-state index is 0.0726. The fourth-order valence-electron chi connectivity index (χ4n) is 3.08. The highest BCUT2D eigenvalue weighted by molar-refractivity contribution is 5.76. The zero-order valence-corrected chi connectivity index (χ0v) is 12.6. The molecule has 0 aromatic heterocycles. The molecule has 1 aliphatic rings. The van der Waals surface area contributed by atoms with Crippen LogP contribution in [0.15, 0.2) is 18.2 Å². The monoisotopic (exact) mass is 293 g/mol. The normalized spacial score (nSPS) is 16.7. The first-order chi connectivity index (χ1) is 9.97. The van der Waals surface area contributed by atoms with Gasteiger partial charge in [0, 0.05) is 20.1 Å². The lowest BCUT2D eigenvalue weighted by atomic mass is 10.0. The molecule has 1 saturated carbocycles. The number of hydrogen-bond donors (Lipinski definition) is 2. The summed E-state index contributed by atoms with van der Waals surface area (Å²) in [5.74, 6) is 0. The fraction of sp³-hybridized carbons (Fsp3) is 0.600. The predicted molar refractivity (Wildman–Crippen MR) is 83.9 cm³/mol. The summed E-state index contributed by atoms with van der Waals surface area (Å²) in [5.41, 5.74) is 0.407. The summed E-state index contributed by atoms with van der Waals surface area (Å²) in [5, 5.41) is 24.9. The van der Waals surface area contributed by atoms with Gasteiger partial charge in [0.15, 0.2) is 0 Å². The summed E-state index contributed by atoms with van der Waals surface area (Å²) in [6.07, 6.45) is 3.56. The van der Waals surface area contributed by atoms with Crippen molar-refractivity contribution < 1.29 is 10.0 Å². The first-order valence-electron chi connectivity index (χ1n) is 7.41. The number of nitrogens with one attached hydrogen (secondary N) is 1. The van der Waals surface area contributed by atoms with E-state index in [0.29, 0.717) is 24.5 Å². The van der Waals surface area contributed by atoms with Crippen LogP contribution in [0.1, 0.15) is 32.6 Å². The summed E-state index contributed by atoms with van der Waals surface area (Å²) >= 11 is 0. The van der Waals surface area contributed by atoms with E-state index in [9.17, 15) is 15.2 Å². The van der Waals surface area contributed by atoms with Crippen LogP contribution in [0.25, 0.3) is 0 Å². The third-order valence-corrected chi connectivity index (χ3v) is 4.04. The van der Waals surface area contributed by atoms with Gasteiger partial charge in [-0.3, -0.25) is 10.1 Å². The van der Waals surface area contributed by atoms with Crippen molar-refractivity contribution in [3.8, 4) is 0 Å². The van der Waals surface area contributed by atoms with Crippen LogP contribution < -0.4 is 10.2 Å². The molecule has 1 aromatic rings. The molecular weight excluding hydrogens is 270 g/mol. The van der Waals surface area contributed by atoms with Crippen LogP contribution in [0.2, 0.25) is 0 Å². The third-order valence-electron chi connectivity index (χ3n) is 4.04. The van der Waals surface area contributed by atoms with Crippen molar-refractivity contribution in [2.24, 2.45) is 0 Å². The summed E-state index contributed by atoms with van der Waals surface area (Å²) in [6.45, 7) is 2.95. The van der Waals surface area contributed by atoms with Crippen molar-refractivity contribution in [1.29, 1.82) is 0 Å². The van der Waals surface area contributed by atoms with Crippen LogP contribution in [-0.2, 0) is 0 Å². The molecule has 2 rings (SSSR count). The Morgan fingerprint density at radius 3 is 2.67 bits per heavy atom. The second-order valence-corrected chi connectivity index (χ2v) is 5.75. The van der Waals surface area contributed by atoms with Crippen molar-refractivity contribution in [1.82, 2.24) is 0 Å². The molecule has 0 unspecified atom stereocenters. The van der Waals surface area contributed by atoms with Crippen LogP contribution >= 0.6 is 0 Å². The SMILES string of the molecule is CCNc1cccc(N(C)CC2(O)CCCC2)c1[N+](=O)[O-]. The van der Waals surface area contributed by atoms with Crippen molar-refractivity contribution in [3.05, 3.63) is 28.3 Å².